The smallest absolute Gasteiger partial charge is 0.122 e. The quantitative estimate of drug-likeness (QED) is 0.777. The van der Waals surface area contributed by atoms with Crippen LogP contribution in [0.15, 0.2) is 61.1 Å². The van der Waals surface area contributed by atoms with E-state index in [0.717, 1.165) is 12.2 Å². The molecule has 0 aromatic carbocycles. The lowest BCUT2D eigenvalue weighted by Crippen LogP contribution is -2.39. The van der Waals surface area contributed by atoms with E-state index in [2.05, 4.69) is 18.5 Å². The average Bonchev–Trinajstić information content (AvgIpc) is 2.36. The Balaban J connectivity index is 2.49. The van der Waals surface area contributed by atoms with E-state index >= 15 is 0 Å². The molecule has 0 radical (unpaired) electrons. The van der Waals surface area contributed by atoms with E-state index in [4.69, 9.17) is 0 Å². The van der Waals surface area contributed by atoms with E-state index in [1.54, 1.807) is 18.2 Å². The Morgan fingerprint density at radius 2 is 2.20 bits per heavy atom. The van der Waals surface area contributed by atoms with Gasteiger partial charge in [-0.25, -0.2) is 8.78 Å². The maximum absolute atomic E-state index is 13.9. The molecule has 110 valence electrons. The fraction of sp³-hybridized carbons (Fsp3) is 0.375. The van der Waals surface area contributed by atoms with Gasteiger partial charge in [-0.1, -0.05) is 31.4 Å². The van der Waals surface area contributed by atoms with Gasteiger partial charge in [0.2, 0.25) is 0 Å². The summed E-state index contributed by atoms with van der Waals surface area (Å²) in [6.07, 6.45) is 8.64. The molecule has 1 atom stereocenters. The lowest BCUT2D eigenvalue weighted by Gasteiger charge is -2.27. The summed E-state index contributed by atoms with van der Waals surface area (Å²) >= 11 is 0. The lowest BCUT2D eigenvalue weighted by atomic mass is 10.1. The summed E-state index contributed by atoms with van der Waals surface area (Å²) in [7, 11) is 0. The van der Waals surface area contributed by atoms with Crippen LogP contribution in [-0.2, 0) is 0 Å². The first-order chi connectivity index (χ1) is 9.65. The molecule has 0 bridgehead atoms. The van der Waals surface area contributed by atoms with Gasteiger partial charge in [0.15, 0.2) is 0 Å². The van der Waals surface area contributed by atoms with E-state index < -0.39 is 6.17 Å². The van der Waals surface area contributed by atoms with Crippen molar-refractivity contribution in [2.45, 2.75) is 12.6 Å². The van der Waals surface area contributed by atoms with Crippen molar-refractivity contribution in [2.24, 2.45) is 0 Å². The fourth-order valence-corrected chi connectivity index (χ4v) is 2.04. The molecule has 0 aromatic heterocycles. The van der Waals surface area contributed by atoms with E-state index in [-0.39, 0.29) is 5.83 Å². The van der Waals surface area contributed by atoms with E-state index in [0.29, 0.717) is 26.1 Å². The molecule has 0 amide bonds. The highest BCUT2D eigenvalue weighted by molar-refractivity contribution is 5.16. The molecular formula is C16H22F2N2. The van der Waals surface area contributed by atoms with Crippen LogP contribution in [-0.4, -0.2) is 37.3 Å². The second-order valence-electron chi connectivity index (χ2n) is 4.60. The Bertz CT molecular complexity index is 411. The molecule has 1 saturated heterocycles. The number of halogens is 2. The maximum atomic E-state index is 13.9. The molecular weight excluding hydrogens is 258 g/mol. The van der Waals surface area contributed by atoms with Crippen molar-refractivity contribution in [2.75, 3.05) is 26.2 Å². The monoisotopic (exact) mass is 280 g/mol. The van der Waals surface area contributed by atoms with Crippen molar-refractivity contribution in [1.29, 1.82) is 0 Å². The molecule has 4 heteroatoms. The van der Waals surface area contributed by atoms with Crippen LogP contribution in [0.4, 0.5) is 8.78 Å². The van der Waals surface area contributed by atoms with Gasteiger partial charge in [0.1, 0.15) is 12.0 Å². The molecule has 0 spiro atoms. The van der Waals surface area contributed by atoms with Crippen molar-refractivity contribution in [3.8, 4) is 0 Å². The second kappa shape index (κ2) is 9.26. The summed E-state index contributed by atoms with van der Waals surface area (Å²) in [5.41, 5.74) is 0.877. The second-order valence-corrected chi connectivity index (χ2v) is 4.60. The van der Waals surface area contributed by atoms with E-state index in [1.807, 2.05) is 4.90 Å². The van der Waals surface area contributed by atoms with Gasteiger partial charge in [-0.2, -0.15) is 0 Å². The first-order valence-corrected chi connectivity index (χ1v) is 6.72. The highest BCUT2D eigenvalue weighted by Crippen LogP contribution is 2.11. The maximum Gasteiger partial charge on any atom is 0.122 e. The highest BCUT2D eigenvalue weighted by Gasteiger charge is 2.17. The molecule has 1 rings (SSSR count). The van der Waals surface area contributed by atoms with Gasteiger partial charge >= 0.3 is 0 Å². The average molecular weight is 280 g/mol. The van der Waals surface area contributed by atoms with Crippen LogP contribution >= 0.6 is 0 Å². The third-order valence-electron chi connectivity index (χ3n) is 2.91. The summed E-state index contributed by atoms with van der Waals surface area (Å²) in [6, 6.07) is 0. The number of hydrogen-bond acceptors (Lipinski definition) is 2. The minimum atomic E-state index is -0.934. The summed E-state index contributed by atoms with van der Waals surface area (Å²) in [6.45, 7) is 9.38. The first-order valence-electron chi connectivity index (χ1n) is 6.72. The van der Waals surface area contributed by atoms with Crippen molar-refractivity contribution < 1.29 is 8.78 Å². The van der Waals surface area contributed by atoms with Crippen LogP contribution in [0.3, 0.4) is 0 Å². The van der Waals surface area contributed by atoms with Crippen molar-refractivity contribution in [1.82, 2.24) is 10.2 Å². The molecule has 1 aliphatic heterocycles. The zero-order valence-corrected chi connectivity index (χ0v) is 11.7. The third kappa shape index (κ3) is 6.48. The van der Waals surface area contributed by atoms with E-state index in [1.165, 1.54) is 18.2 Å². The van der Waals surface area contributed by atoms with Gasteiger partial charge in [-0.15, -0.1) is 0 Å². The highest BCUT2D eigenvalue weighted by atomic mass is 19.1. The molecule has 1 heterocycles. The standard InChI is InChI=1S/C16H22F2N2/c1-3-6-14(17)8-5-10-20-11-9-19-16(7-4-2)12-15(18)13-20/h3-8,15,19H,1-2,9-13H2/b8-5-,14-6+,16-7+. The van der Waals surface area contributed by atoms with Gasteiger partial charge in [-0.3, -0.25) is 4.90 Å². The van der Waals surface area contributed by atoms with Gasteiger partial charge in [0.25, 0.3) is 0 Å². The van der Waals surface area contributed by atoms with Crippen molar-refractivity contribution in [3.63, 3.8) is 0 Å². The van der Waals surface area contributed by atoms with Crippen molar-refractivity contribution >= 4 is 0 Å². The Morgan fingerprint density at radius 1 is 1.40 bits per heavy atom. The summed E-state index contributed by atoms with van der Waals surface area (Å²) in [5.74, 6) is -0.349. The Morgan fingerprint density at radius 3 is 2.90 bits per heavy atom. The lowest BCUT2D eigenvalue weighted by molar-refractivity contribution is 0.193. The van der Waals surface area contributed by atoms with Crippen molar-refractivity contribution in [3.05, 3.63) is 61.1 Å². The number of nitrogens with zero attached hydrogens (tertiary/aromatic N) is 1. The minimum Gasteiger partial charge on any atom is -0.387 e. The van der Waals surface area contributed by atoms with Gasteiger partial charge in [-0.05, 0) is 18.2 Å². The fourth-order valence-electron chi connectivity index (χ4n) is 2.04. The summed E-state index contributed by atoms with van der Waals surface area (Å²) in [5, 5.41) is 3.19. The number of rotatable bonds is 5. The summed E-state index contributed by atoms with van der Waals surface area (Å²) < 4.78 is 27.0. The van der Waals surface area contributed by atoms with Gasteiger partial charge < -0.3 is 5.32 Å². The molecule has 2 nitrogen and oxygen atoms in total. The Hall–Kier alpha value is -1.68. The zero-order valence-electron chi connectivity index (χ0n) is 11.7. The largest absolute Gasteiger partial charge is 0.387 e. The molecule has 1 fully saturated rings. The SMILES string of the molecule is C=C/C=C(F)\C=C/CN1CCN/C(=C/C=C)CC(F)C1. The third-order valence-corrected chi connectivity index (χ3v) is 2.91. The summed E-state index contributed by atoms with van der Waals surface area (Å²) in [4.78, 5) is 1.96. The van der Waals surface area contributed by atoms with Crippen LogP contribution in [0.25, 0.3) is 0 Å². The van der Waals surface area contributed by atoms with Crippen LogP contribution in [0.5, 0.6) is 0 Å². The topological polar surface area (TPSA) is 15.3 Å². The first kappa shape index (κ1) is 16.4. The molecule has 1 aliphatic rings. The molecule has 0 saturated carbocycles. The molecule has 1 N–H and O–H groups in total. The molecule has 0 aromatic rings. The molecule has 20 heavy (non-hydrogen) atoms. The molecule has 1 unspecified atom stereocenters. The van der Waals surface area contributed by atoms with Gasteiger partial charge in [0, 0.05) is 38.3 Å². The normalized spacial score (nSPS) is 24.2. The van der Waals surface area contributed by atoms with Crippen LogP contribution < -0.4 is 5.32 Å². The van der Waals surface area contributed by atoms with E-state index in [9.17, 15) is 8.78 Å². The minimum absolute atomic E-state index is 0.349. The zero-order chi connectivity index (χ0) is 14.8. The van der Waals surface area contributed by atoms with Crippen LogP contribution in [0.2, 0.25) is 0 Å². The molecule has 0 aliphatic carbocycles. The number of allylic oxidation sites excluding steroid dienone is 7. The van der Waals surface area contributed by atoms with Crippen LogP contribution in [0.1, 0.15) is 6.42 Å². The Labute approximate surface area is 119 Å². The van der Waals surface area contributed by atoms with Crippen LogP contribution in [0, 0.1) is 0 Å². The van der Waals surface area contributed by atoms with Gasteiger partial charge in [0.05, 0.1) is 0 Å². The predicted octanol–water partition coefficient (Wildman–Crippen LogP) is 3.29. The Kier molecular flexibility index (Phi) is 7.58. The predicted molar refractivity (Wildman–Crippen MR) is 80.8 cm³/mol. The number of nitrogens with one attached hydrogen (secondary N) is 1. The number of hydrogen-bond donors (Lipinski definition) is 1. The number of alkyl halides is 1.